The van der Waals surface area contributed by atoms with Crippen LogP contribution in [0.15, 0.2) is 67.1 Å². The van der Waals surface area contributed by atoms with Crippen LogP contribution >= 0.6 is 7.80 Å². The summed E-state index contributed by atoms with van der Waals surface area (Å²) in [5.74, 6) is -2.46. The van der Waals surface area contributed by atoms with Crippen molar-refractivity contribution >= 4 is 19.0 Å². The molecule has 2 N–H and O–H groups in total. The number of hydrogen-bond acceptors (Lipinski definition) is 6. The minimum absolute atomic E-state index is 0.117. The summed E-state index contributed by atoms with van der Waals surface area (Å²) in [6.45, 7) is 1.63. The maximum absolute atomic E-state index is 13.5. The van der Waals surface area contributed by atoms with Gasteiger partial charge in [0.1, 0.15) is 19.2 Å². The summed E-state index contributed by atoms with van der Waals surface area (Å²) in [4.78, 5) is 20.7. The van der Waals surface area contributed by atoms with Crippen LogP contribution in [0.2, 0.25) is 0 Å². The Bertz CT molecular complexity index is 1330. The molecule has 8 nitrogen and oxygen atoms in total. The van der Waals surface area contributed by atoms with Gasteiger partial charge in [-0.15, -0.1) is 0 Å². The molecule has 0 fully saturated rings. The van der Waals surface area contributed by atoms with Gasteiger partial charge in [0, 0.05) is 11.5 Å². The zero-order valence-electron chi connectivity index (χ0n) is 17.2. The van der Waals surface area contributed by atoms with E-state index < -0.39 is 37.3 Å². The number of aromatic hydroxyl groups is 1. The topological polar surface area (TPSA) is 110 Å². The van der Waals surface area contributed by atoms with Gasteiger partial charge in [0.15, 0.2) is 5.82 Å². The molecule has 2 atom stereocenters. The number of hydrogen-bond donors (Lipinski definition) is 2. The molecule has 0 aliphatic heterocycles. The van der Waals surface area contributed by atoms with Gasteiger partial charge in [0.2, 0.25) is 5.88 Å². The maximum atomic E-state index is 13.5. The van der Waals surface area contributed by atoms with E-state index in [1.807, 2.05) is 0 Å². The van der Waals surface area contributed by atoms with Crippen LogP contribution in [0.3, 0.4) is 0 Å². The first-order chi connectivity index (χ1) is 15.8. The highest BCUT2D eigenvalue weighted by Crippen LogP contribution is 2.25. The summed E-state index contributed by atoms with van der Waals surface area (Å²) in [5.41, 5.74) is 1.03. The van der Waals surface area contributed by atoms with Crippen molar-refractivity contribution in [1.29, 1.82) is 0 Å². The van der Waals surface area contributed by atoms with Crippen LogP contribution in [0.25, 0.3) is 5.95 Å². The van der Waals surface area contributed by atoms with Crippen molar-refractivity contribution < 1.29 is 23.2 Å². The Kier molecular flexibility index (Phi) is 6.28. The Morgan fingerprint density at radius 2 is 1.67 bits per heavy atom. The number of carbonyl (C=O) groups excluding carboxylic acids is 1. The number of rotatable bonds is 6. The second kappa shape index (κ2) is 9.30. The van der Waals surface area contributed by atoms with E-state index in [1.165, 1.54) is 24.3 Å². The number of nitrogens with zero attached hydrogens (tertiary/aromatic N) is 4. The smallest absolute Gasteiger partial charge is 0.259 e. The molecule has 0 bridgehead atoms. The maximum Gasteiger partial charge on any atom is 0.259 e. The lowest BCUT2D eigenvalue weighted by molar-refractivity contribution is 0.0939. The zero-order chi connectivity index (χ0) is 23.5. The summed E-state index contributed by atoms with van der Waals surface area (Å²) in [6.07, 6.45) is 3.07. The first kappa shape index (κ1) is 22.3. The van der Waals surface area contributed by atoms with E-state index in [0.29, 0.717) is 16.4 Å². The standard InChI is InChI=1S/C22H18F2N5O3P/c1-33(32)17-8-4-14(5-9-17)19(13-2-6-15(23)7-3-13)27-20(30)18-11-25-22(28-21(18)31)29-12-16(24)10-26-29/h2-12,19,33H,1H3,(H,27,30)(H,25,28,31)/t19-/m0/s1. The molecule has 2 heterocycles. The summed E-state index contributed by atoms with van der Waals surface area (Å²) in [6, 6.07) is 11.8. The first-order valence-electron chi connectivity index (χ1n) is 9.75. The third kappa shape index (κ3) is 4.96. The third-order valence-electron chi connectivity index (χ3n) is 4.89. The van der Waals surface area contributed by atoms with E-state index >= 15 is 0 Å². The Morgan fingerprint density at radius 3 is 2.21 bits per heavy atom. The van der Waals surface area contributed by atoms with E-state index in [1.54, 1.807) is 30.9 Å². The normalized spacial score (nSPS) is 12.8. The minimum atomic E-state index is -1.89. The highest BCUT2D eigenvalue weighted by molar-refractivity contribution is 7.52. The van der Waals surface area contributed by atoms with Gasteiger partial charge in [0.25, 0.3) is 11.9 Å². The van der Waals surface area contributed by atoms with E-state index in [9.17, 15) is 23.2 Å². The molecular formula is C22H18F2N5O3P. The molecule has 0 radical (unpaired) electrons. The van der Waals surface area contributed by atoms with Gasteiger partial charge in [-0.2, -0.15) is 10.1 Å². The molecule has 2 aromatic carbocycles. The fourth-order valence-electron chi connectivity index (χ4n) is 3.18. The Balaban J connectivity index is 1.65. The number of halogens is 2. The number of nitrogens with one attached hydrogen (secondary N) is 1. The second-order valence-electron chi connectivity index (χ2n) is 7.15. The Hall–Kier alpha value is -3.91. The summed E-state index contributed by atoms with van der Waals surface area (Å²) in [7, 11) is -1.89. The highest BCUT2D eigenvalue weighted by Gasteiger charge is 2.22. The molecule has 33 heavy (non-hydrogen) atoms. The molecule has 1 unspecified atom stereocenters. The quantitative estimate of drug-likeness (QED) is 0.420. The van der Waals surface area contributed by atoms with Crippen LogP contribution < -0.4 is 10.6 Å². The molecule has 168 valence electrons. The number of carbonyl (C=O) groups is 1. The summed E-state index contributed by atoms with van der Waals surface area (Å²) < 4.78 is 39.4. The molecule has 1 amide bonds. The van der Waals surface area contributed by atoms with Crippen LogP contribution in [-0.4, -0.2) is 37.4 Å². The lowest BCUT2D eigenvalue weighted by Gasteiger charge is -2.20. The Morgan fingerprint density at radius 1 is 1.03 bits per heavy atom. The Labute approximate surface area is 187 Å². The van der Waals surface area contributed by atoms with Crippen LogP contribution in [0.4, 0.5) is 8.78 Å². The van der Waals surface area contributed by atoms with Gasteiger partial charge in [-0.05, 0) is 29.9 Å². The van der Waals surface area contributed by atoms with Crippen molar-refractivity contribution in [2.24, 2.45) is 0 Å². The van der Waals surface area contributed by atoms with Crippen LogP contribution in [0.5, 0.6) is 5.88 Å². The van der Waals surface area contributed by atoms with Gasteiger partial charge in [0.05, 0.1) is 18.4 Å². The monoisotopic (exact) mass is 469 g/mol. The lowest BCUT2D eigenvalue weighted by atomic mass is 9.98. The predicted molar refractivity (Wildman–Crippen MR) is 117 cm³/mol. The van der Waals surface area contributed by atoms with E-state index in [4.69, 9.17) is 0 Å². The van der Waals surface area contributed by atoms with Crippen molar-refractivity contribution in [3.05, 3.63) is 95.4 Å². The average Bonchev–Trinajstić information content (AvgIpc) is 3.24. The molecule has 0 spiro atoms. The number of amides is 1. The zero-order valence-corrected chi connectivity index (χ0v) is 18.2. The number of aromatic nitrogens is 4. The molecule has 4 rings (SSSR count). The van der Waals surface area contributed by atoms with Crippen LogP contribution in [0, 0.1) is 11.6 Å². The van der Waals surface area contributed by atoms with Crippen molar-refractivity contribution in [3.63, 3.8) is 0 Å². The largest absolute Gasteiger partial charge is 0.493 e. The van der Waals surface area contributed by atoms with Crippen molar-refractivity contribution in [2.75, 3.05) is 6.66 Å². The lowest BCUT2D eigenvalue weighted by Crippen LogP contribution is -2.30. The molecule has 0 aliphatic carbocycles. The third-order valence-corrected chi connectivity index (χ3v) is 6.03. The van der Waals surface area contributed by atoms with Gasteiger partial charge in [-0.3, -0.25) is 4.79 Å². The summed E-state index contributed by atoms with van der Waals surface area (Å²) in [5, 5.41) is 17.5. The molecule has 0 aliphatic rings. The van der Waals surface area contributed by atoms with Crippen molar-refractivity contribution in [2.45, 2.75) is 6.04 Å². The fourth-order valence-corrected chi connectivity index (χ4v) is 3.81. The molecule has 2 aromatic heterocycles. The van der Waals surface area contributed by atoms with Crippen molar-refractivity contribution in [3.8, 4) is 11.8 Å². The molecule has 11 heteroatoms. The first-order valence-corrected chi connectivity index (χ1v) is 11.7. The number of benzene rings is 2. The average molecular weight is 469 g/mol. The minimum Gasteiger partial charge on any atom is -0.493 e. The summed E-state index contributed by atoms with van der Waals surface area (Å²) >= 11 is 0. The SMILES string of the molecule is C[PH](=O)c1ccc([C@@H](NC(=O)c2cnc(-n3cc(F)cn3)nc2O)c2ccc(F)cc2)cc1. The van der Waals surface area contributed by atoms with Crippen LogP contribution in [0.1, 0.15) is 27.5 Å². The van der Waals surface area contributed by atoms with Gasteiger partial charge in [-0.25, -0.2) is 18.4 Å². The van der Waals surface area contributed by atoms with Crippen LogP contribution in [-0.2, 0) is 4.57 Å². The van der Waals surface area contributed by atoms with Gasteiger partial charge < -0.3 is 15.0 Å². The molecule has 0 saturated heterocycles. The van der Waals surface area contributed by atoms with Gasteiger partial charge in [-0.1, -0.05) is 36.4 Å². The fraction of sp³-hybridized carbons (Fsp3) is 0.0909. The van der Waals surface area contributed by atoms with Gasteiger partial charge >= 0.3 is 0 Å². The molecule has 0 saturated carbocycles. The van der Waals surface area contributed by atoms with E-state index in [-0.39, 0.29) is 11.5 Å². The second-order valence-corrected chi connectivity index (χ2v) is 8.84. The highest BCUT2D eigenvalue weighted by atomic mass is 31.1. The van der Waals surface area contributed by atoms with E-state index in [0.717, 1.165) is 23.3 Å². The van der Waals surface area contributed by atoms with Crippen molar-refractivity contribution in [1.82, 2.24) is 25.1 Å². The van der Waals surface area contributed by atoms with E-state index in [2.05, 4.69) is 20.4 Å². The molecular weight excluding hydrogens is 451 g/mol. The predicted octanol–water partition coefficient (Wildman–Crippen LogP) is 2.98. The molecule has 4 aromatic rings.